The second kappa shape index (κ2) is 4.22. The SMILES string of the molecule is CC1=C2C(=O)N(C)C(C3CCCCC3)=C2C(=O)N1C. The third-order valence-electron chi connectivity index (χ3n) is 4.76. The van der Waals surface area contributed by atoms with Gasteiger partial charge in [0.25, 0.3) is 11.8 Å². The molecule has 0 saturated heterocycles. The van der Waals surface area contributed by atoms with Crippen LogP contribution in [-0.2, 0) is 9.59 Å². The maximum absolute atomic E-state index is 12.4. The number of allylic oxidation sites excluding steroid dienone is 2. The van der Waals surface area contributed by atoms with Gasteiger partial charge in [0, 0.05) is 31.4 Å². The highest BCUT2D eigenvalue weighted by atomic mass is 16.2. The van der Waals surface area contributed by atoms with Crippen molar-refractivity contribution in [1.82, 2.24) is 9.80 Å². The Labute approximate surface area is 113 Å². The topological polar surface area (TPSA) is 40.6 Å². The number of amides is 2. The monoisotopic (exact) mass is 260 g/mol. The molecule has 0 spiro atoms. The van der Waals surface area contributed by atoms with Gasteiger partial charge in [-0.05, 0) is 19.8 Å². The molecule has 1 aliphatic carbocycles. The zero-order valence-corrected chi connectivity index (χ0v) is 11.8. The van der Waals surface area contributed by atoms with Crippen LogP contribution in [0.2, 0.25) is 0 Å². The van der Waals surface area contributed by atoms with Crippen molar-refractivity contribution >= 4 is 11.8 Å². The second-order valence-corrected chi connectivity index (χ2v) is 5.78. The molecule has 0 bridgehead atoms. The molecule has 0 aromatic rings. The summed E-state index contributed by atoms with van der Waals surface area (Å²) in [4.78, 5) is 28.1. The highest BCUT2D eigenvalue weighted by molar-refractivity contribution is 6.19. The van der Waals surface area contributed by atoms with Gasteiger partial charge in [0.1, 0.15) is 0 Å². The first-order chi connectivity index (χ1) is 9.04. The van der Waals surface area contributed by atoms with Crippen LogP contribution in [0.4, 0.5) is 0 Å². The van der Waals surface area contributed by atoms with Gasteiger partial charge in [-0.25, -0.2) is 0 Å². The largest absolute Gasteiger partial charge is 0.315 e. The van der Waals surface area contributed by atoms with E-state index in [-0.39, 0.29) is 11.8 Å². The van der Waals surface area contributed by atoms with Crippen molar-refractivity contribution in [3.63, 3.8) is 0 Å². The van der Waals surface area contributed by atoms with Crippen molar-refractivity contribution in [3.8, 4) is 0 Å². The molecule has 102 valence electrons. The van der Waals surface area contributed by atoms with Crippen molar-refractivity contribution in [3.05, 3.63) is 22.5 Å². The average molecular weight is 260 g/mol. The van der Waals surface area contributed by atoms with Gasteiger partial charge in [0.15, 0.2) is 0 Å². The summed E-state index contributed by atoms with van der Waals surface area (Å²) in [5.74, 6) is 0.356. The molecule has 0 atom stereocenters. The van der Waals surface area contributed by atoms with Crippen molar-refractivity contribution in [2.75, 3.05) is 14.1 Å². The lowest BCUT2D eigenvalue weighted by Crippen LogP contribution is -2.29. The Morgan fingerprint density at radius 2 is 1.47 bits per heavy atom. The van der Waals surface area contributed by atoms with Gasteiger partial charge < -0.3 is 9.80 Å². The van der Waals surface area contributed by atoms with Crippen LogP contribution in [0.1, 0.15) is 39.0 Å². The minimum atomic E-state index is -0.00854. The van der Waals surface area contributed by atoms with Gasteiger partial charge in [-0.3, -0.25) is 9.59 Å². The third kappa shape index (κ3) is 1.58. The summed E-state index contributed by atoms with van der Waals surface area (Å²) in [6.45, 7) is 1.86. The van der Waals surface area contributed by atoms with Gasteiger partial charge in [-0.2, -0.15) is 0 Å². The van der Waals surface area contributed by atoms with Crippen molar-refractivity contribution in [2.45, 2.75) is 39.0 Å². The Kier molecular flexibility index (Phi) is 2.77. The number of rotatable bonds is 1. The van der Waals surface area contributed by atoms with Crippen LogP contribution in [0.5, 0.6) is 0 Å². The Hall–Kier alpha value is -1.58. The van der Waals surface area contributed by atoms with Crippen LogP contribution in [0.3, 0.4) is 0 Å². The number of hydrogen-bond acceptors (Lipinski definition) is 2. The van der Waals surface area contributed by atoms with Gasteiger partial charge in [-0.15, -0.1) is 0 Å². The molecule has 1 saturated carbocycles. The predicted molar refractivity (Wildman–Crippen MR) is 71.8 cm³/mol. The van der Waals surface area contributed by atoms with E-state index in [0.29, 0.717) is 17.1 Å². The summed E-state index contributed by atoms with van der Waals surface area (Å²) in [7, 11) is 3.56. The molecule has 4 heteroatoms. The summed E-state index contributed by atoms with van der Waals surface area (Å²) in [6, 6.07) is 0. The van der Waals surface area contributed by atoms with Crippen LogP contribution < -0.4 is 0 Å². The fraction of sp³-hybridized carbons (Fsp3) is 0.600. The Bertz CT molecular complexity index is 524. The summed E-state index contributed by atoms with van der Waals surface area (Å²) in [5.41, 5.74) is 3.09. The van der Waals surface area contributed by atoms with Crippen LogP contribution >= 0.6 is 0 Å². The lowest BCUT2D eigenvalue weighted by atomic mass is 9.85. The third-order valence-corrected chi connectivity index (χ3v) is 4.76. The Morgan fingerprint density at radius 3 is 2.11 bits per heavy atom. The van der Waals surface area contributed by atoms with E-state index in [1.54, 1.807) is 16.8 Å². The molecule has 19 heavy (non-hydrogen) atoms. The van der Waals surface area contributed by atoms with Crippen LogP contribution in [-0.4, -0.2) is 35.7 Å². The summed E-state index contributed by atoms with van der Waals surface area (Å²) >= 11 is 0. The molecular weight excluding hydrogens is 240 g/mol. The Balaban J connectivity index is 2.10. The normalized spacial score (nSPS) is 25.0. The minimum Gasteiger partial charge on any atom is -0.315 e. The van der Waals surface area contributed by atoms with E-state index in [4.69, 9.17) is 0 Å². The van der Waals surface area contributed by atoms with Crippen molar-refractivity contribution < 1.29 is 9.59 Å². The second-order valence-electron chi connectivity index (χ2n) is 5.78. The van der Waals surface area contributed by atoms with Gasteiger partial charge in [-0.1, -0.05) is 19.3 Å². The molecule has 3 rings (SSSR count). The van der Waals surface area contributed by atoms with E-state index in [1.165, 1.54) is 19.3 Å². The first kappa shape index (κ1) is 12.5. The lowest BCUT2D eigenvalue weighted by molar-refractivity contribution is -0.123. The van der Waals surface area contributed by atoms with Gasteiger partial charge in [0.05, 0.1) is 11.1 Å². The minimum absolute atomic E-state index is 0.00854. The zero-order valence-electron chi connectivity index (χ0n) is 11.8. The maximum Gasteiger partial charge on any atom is 0.260 e. The standard InChI is InChI=1S/C15H20N2O2/c1-9-11-12(15(19)16(9)2)13(17(3)14(11)18)10-7-5-4-6-8-10/h10H,4-8H2,1-3H3. The molecule has 0 N–H and O–H groups in total. The summed E-state index contributed by atoms with van der Waals surface area (Å²) < 4.78 is 0. The molecular formula is C15H20N2O2. The summed E-state index contributed by atoms with van der Waals surface area (Å²) in [6.07, 6.45) is 5.86. The maximum atomic E-state index is 12.4. The highest BCUT2D eigenvalue weighted by Crippen LogP contribution is 2.43. The molecule has 2 heterocycles. The highest BCUT2D eigenvalue weighted by Gasteiger charge is 2.46. The number of carbonyl (C=O) groups excluding carboxylic acids is 2. The molecule has 2 aliphatic heterocycles. The number of fused-ring (bicyclic) bond motifs is 1. The van der Waals surface area contributed by atoms with Crippen molar-refractivity contribution in [1.29, 1.82) is 0 Å². The van der Waals surface area contributed by atoms with Crippen LogP contribution in [0.15, 0.2) is 22.5 Å². The lowest BCUT2D eigenvalue weighted by Gasteiger charge is -2.28. The quantitative estimate of drug-likeness (QED) is 0.724. The van der Waals surface area contributed by atoms with E-state index in [9.17, 15) is 9.59 Å². The van der Waals surface area contributed by atoms with Crippen molar-refractivity contribution in [2.24, 2.45) is 5.92 Å². The van der Waals surface area contributed by atoms with Crippen LogP contribution in [0, 0.1) is 5.92 Å². The Morgan fingerprint density at radius 1 is 0.895 bits per heavy atom. The van der Waals surface area contributed by atoms with Gasteiger partial charge >= 0.3 is 0 Å². The first-order valence-electron chi connectivity index (χ1n) is 7.05. The number of nitrogens with zero attached hydrogens (tertiary/aromatic N) is 2. The predicted octanol–water partition coefficient (Wildman–Crippen LogP) is 2.04. The average Bonchev–Trinajstić information content (AvgIpc) is 2.81. The molecule has 0 aromatic heterocycles. The number of hydrogen-bond donors (Lipinski definition) is 0. The van der Waals surface area contributed by atoms with Gasteiger partial charge in [0.2, 0.25) is 0 Å². The molecule has 2 amide bonds. The van der Waals surface area contributed by atoms with E-state index in [1.807, 2.05) is 14.0 Å². The molecule has 1 fully saturated rings. The molecule has 0 radical (unpaired) electrons. The molecule has 3 aliphatic rings. The molecule has 0 aromatic carbocycles. The fourth-order valence-electron chi connectivity index (χ4n) is 3.57. The molecule has 0 unspecified atom stereocenters. The number of carbonyl (C=O) groups is 2. The zero-order chi connectivity index (χ0) is 13.7. The van der Waals surface area contributed by atoms with E-state index >= 15 is 0 Å². The van der Waals surface area contributed by atoms with E-state index < -0.39 is 0 Å². The fourth-order valence-corrected chi connectivity index (χ4v) is 3.57. The van der Waals surface area contributed by atoms with E-state index in [2.05, 4.69) is 0 Å². The summed E-state index contributed by atoms with van der Waals surface area (Å²) in [5, 5.41) is 0. The number of likely N-dealkylation sites (N-methyl/N-ethyl adjacent to an activating group) is 2. The smallest absolute Gasteiger partial charge is 0.260 e. The molecule has 4 nitrogen and oxygen atoms in total. The van der Waals surface area contributed by atoms with Crippen LogP contribution in [0.25, 0.3) is 0 Å². The van der Waals surface area contributed by atoms with E-state index in [0.717, 1.165) is 24.2 Å². The first-order valence-corrected chi connectivity index (χ1v) is 7.05.